The molecule has 2 saturated carbocycles. The van der Waals surface area contributed by atoms with E-state index < -0.39 is 34.9 Å². The zero-order valence-corrected chi connectivity index (χ0v) is 19.3. The van der Waals surface area contributed by atoms with Gasteiger partial charge in [0.05, 0.1) is 12.5 Å². The van der Waals surface area contributed by atoms with Gasteiger partial charge in [-0.15, -0.1) is 0 Å². The highest BCUT2D eigenvalue weighted by Crippen LogP contribution is 2.67. The first-order valence-electron chi connectivity index (χ1n) is 11.3. The number of methoxy groups -OCH3 is 1. The van der Waals surface area contributed by atoms with Gasteiger partial charge in [0.25, 0.3) is 5.79 Å². The lowest BCUT2D eigenvalue weighted by Gasteiger charge is -2.54. The Labute approximate surface area is 187 Å². The van der Waals surface area contributed by atoms with Gasteiger partial charge in [0, 0.05) is 17.8 Å². The maximum atomic E-state index is 15.4. The number of ketones is 1. The lowest BCUT2D eigenvalue weighted by Crippen LogP contribution is -2.57. The van der Waals surface area contributed by atoms with E-state index in [1.54, 1.807) is 6.92 Å². The molecule has 0 radical (unpaired) electrons. The Balaban J connectivity index is 1.81. The number of ether oxygens (including phenoxy) is 3. The fourth-order valence-corrected chi connectivity index (χ4v) is 6.68. The van der Waals surface area contributed by atoms with E-state index in [2.05, 4.69) is 6.08 Å². The lowest BCUT2D eigenvalue weighted by molar-refractivity contribution is -0.273. The summed E-state index contributed by atoms with van der Waals surface area (Å²) >= 11 is 0. The summed E-state index contributed by atoms with van der Waals surface area (Å²) in [5, 5.41) is 0. The van der Waals surface area contributed by atoms with Crippen LogP contribution < -0.4 is 0 Å². The zero-order valence-electron chi connectivity index (χ0n) is 19.3. The van der Waals surface area contributed by atoms with Crippen molar-refractivity contribution in [1.29, 1.82) is 0 Å². The molecule has 7 atom stereocenters. The van der Waals surface area contributed by atoms with Crippen molar-refractivity contribution in [2.24, 2.45) is 28.6 Å². The van der Waals surface area contributed by atoms with Gasteiger partial charge in [-0.05, 0) is 55.7 Å². The number of alkyl halides is 1. The molecule has 4 aliphatic rings. The van der Waals surface area contributed by atoms with Gasteiger partial charge in [-0.25, -0.2) is 9.18 Å². The largest absolute Gasteiger partial charge is 0.511 e. The number of halogens is 1. The quantitative estimate of drug-likeness (QED) is 0.351. The van der Waals surface area contributed by atoms with Crippen molar-refractivity contribution in [3.8, 4) is 0 Å². The number of carbonyl (C=O) groups is 3. The van der Waals surface area contributed by atoms with E-state index in [-0.39, 0.29) is 36.4 Å². The number of hydrogen-bond acceptors (Lipinski definition) is 6. The molecule has 0 saturated heterocycles. The molecule has 0 bridgehead atoms. The van der Waals surface area contributed by atoms with Gasteiger partial charge in [0.1, 0.15) is 6.17 Å². The topological polar surface area (TPSA) is 78.9 Å². The van der Waals surface area contributed by atoms with Gasteiger partial charge in [-0.1, -0.05) is 38.5 Å². The smallest absolute Gasteiger partial charge is 0.438 e. The molecule has 0 N–H and O–H groups in total. The van der Waals surface area contributed by atoms with E-state index in [0.717, 1.165) is 5.57 Å². The third-order valence-electron chi connectivity index (χ3n) is 8.33. The van der Waals surface area contributed by atoms with Gasteiger partial charge < -0.3 is 14.2 Å². The Morgan fingerprint density at radius 2 is 1.91 bits per heavy atom. The first-order valence-corrected chi connectivity index (χ1v) is 11.3. The minimum Gasteiger partial charge on any atom is -0.438 e. The van der Waals surface area contributed by atoms with Gasteiger partial charge in [0.2, 0.25) is 0 Å². The van der Waals surface area contributed by atoms with E-state index in [1.807, 2.05) is 26.8 Å². The van der Waals surface area contributed by atoms with E-state index in [0.29, 0.717) is 18.4 Å². The van der Waals surface area contributed by atoms with Gasteiger partial charge in [0.15, 0.2) is 5.78 Å². The van der Waals surface area contributed by atoms with Crippen molar-refractivity contribution >= 4 is 17.9 Å². The van der Waals surface area contributed by atoms with Crippen LogP contribution in [0.1, 0.15) is 53.4 Å². The predicted octanol–water partition coefficient (Wildman–Crippen LogP) is 4.84. The summed E-state index contributed by atoms with van der Waals surface area (Å²) in [6.07, 6.45) is 6.16. The molecule has 0 aromatic heterocycles. The molecule has 32 heavy (non-hydrogen) atoms. The van der Waals surface area contributed by atoms with Crippen molar-refractivity contribution in [3.05, 3.63) is 35.5 Å². The molecule has 7 heteroatoms. The normalized spacial score (nSPS) is 42.1. The molecule has 0 aromatic rings. The second kappa shape index (κ2) is 7.56. The van der Waals surface area contributed by atoms with Crippen molar-refractivity contribution in [3.63, 3.8) is 0 Å². The van der Waals surface area contributed by atoms with Crippen LogP contribution >= 0.6 is 0 Å². The number of esters is 1. The summed E-state index contributed by atoms with van der Waals surface area (Å²) in [6.45, 7) is 7.51. The fourth-order valence-electron chi connectivity index (χ4n) is 6.68. The average Bonchev–Trinajstić information content (AvgIpc) is 2.96. The van der Waals surface area contributed by atoms with E-state index in [4.69, 9.17) is 14.2 Å². The van der Waals surface area contributed by atoms with Crippen LogP contribution in [-0.2, 0) is 23.8 Å². The predicted molar refractivity (Wildman–Crippen MR) is 114 cm³/mol. The number of fused-ring (bicyclic) bond motifs is 5. The number of allylic oxidation sites excluding steroid dienone is 6. The SMILES string of the molecule is CCC(=O)O[C@@]1(OC(=O)OC)[C@@H](C)C[C@H]2[C@@H]3C[C@H](F)C4=CC(=O)C=C[C@]4(C)C3=CC[C@@]21C. The number of hydrogen-bond donors (Lipinski definition) is 0. The van der Waals surface area contributed by atoms with Gasteiger partial charge in [-0.2, -0.15) is 0 Å². The van der Waals surface area contributed by atoms with Crippen molar-refractivity contribution in [2.45, 2.75) is 65.3 Å². The Bertz CT molecular complexity index is 930. The highest BCUT2D eigenvalue weighted by Gasteiger charge is 2.70. The van der Waals surface area contributed by atoms with Crippen LogP contribution in [0.4, 0.5) is 9.18 Å². The zero-order chi connectivity index (χ0) is 23.5. The Hall–Kier alpha value is -2.44. The highest BCUT2D eigenvalue weighted by molar-refractivity contribution is 6.01. The molecule has 2 fully saturated rings. The fraction of sp³-hybridized carbons (Fsp3) is 0.640. The third kappa shape index (κ3) is 3.00. The van der Waals surface area contributed by atoms with Crippen LogP contribution in [0.25, 0.3) is 0 Å². The molecule has 6 nitrogen and oxygen atoms in total. The van der Waals surface area contributed by atoms with Crippen LogP contribution in [0.5, 0.6) is 0 Å². The molecular formula is C25H31FO6. The molecule has 4 aliphatic carbocycles. The van der Waals surface area contributed by atoms with E-state index >= 15 is 4.39 Å². The van der Waals surface area contributed by atoms with Crippen molar-refractivity contribution < 1.29 is 33.0 Å². The van der Waals surface area contributed by atoms with E-state index in [9.17, 15) is 14.4 Å². The van der Waals surface area contributed by atoms with E-state index in [1.165, 1.54) is 19.3 Å². The molecule has 0 aromatic carbocycles. The minimum atomic E-state index is -1.50. The second-order valence-corrected chi connectivity index (χ2v) is 9.92. The summed E-state index contributed by atoms with van der Waals surface area (Å²) < 4.78 is 31.9. The summed E-state index contributed by atoms with van der Waals surface area (Å²) in [5.41, 5.74) is 0.198. The summed E-state index contributed by atoms with van der Waals surface area (Å²) in [7, 11) is 1.22. The van der Waals surface area contributed by atoms with Gasteiger partial charge in [-0.3, -0.25) is 9.59 Å². The maximum Gasteiger partial charge on any atom is 0.511 e. The minimum absolute atomic E-state index is 0.0746. The van der Waals surface area contributed by atoms with Crippen LogP contribution in [0.2, 0.25) is 0 Å². The summed E-state index contributed by atoms with van der Waals surface area (Å²) in [5.74, 6) is -2.65. The lowest BCUT2D eigenvalue weighted by atomic mass is 9.52. The number of carbonyl (C=O) groups excluding carboxylic acids is 3. The van der Waals surface area contributed by atoms with Crippen molar-refractivity contribution in [1.82, 2.24) is 0 Å². The Morgan fingerprint density at radius 1 is 1.19 bits per heavy atom. The second-order valence-electron chi connectivity index (χ2n) is 9.92. The molecule has 174 valence electrons. The monoisotopic (exact) mass is 446 g/mol. The molecule has 0 unspecified atom stereocenters. The van der Waals surface area contributed by atoms with Crippen LogP contribution in [0.3, 0.4) is 0 Å². The third-order valence-corrected chi connectivity index (χ3v) is 8.33. The van der Waals surface area contributed by atoms with Crippen LogP contribution in [-0.4, -0.2) is 37.0 Å². The van der Waals surface area contributed by atoms with Crippen molar-refractivity contribution in [2.75, 3.05) is 7.11 Å². The standard InChI is InChI=1S/C25H31FO6/c1-6-21(28)31-25(32-22(29)30-5)14(2)11-18-16-13-20(26)19-12-15(27)7-9-23(19,3)17(16)8-10-24(18,25)4/h7-9,12,14,16,18,20H,6,10-11,13H2,1-5H3/t14-,16+,18-,20-,23+,24-,25+/m0/s1. The molecular weight excluding hydrogens is 415 g/mol. The summed E-state index contributed by atoms with van der Waals surface area (Å²) in [4.78, 5) is 36.6. The molecule has 0 aliphatic heterocycles. The summed E-state index contributed by atoms with van der Waals surface area (Å²) in [6, 6.07) is 0. The molecule has 0 amide bonds. The first kappa shape index (κ1) is 22.7. The first-order chi connectivity index (χ1) is 15.0. The Kier molecular flexibility index (Phi) is 5.37. The van der Waals surface area contributed by atoms with Crippen LogP contribution in [0.15, 0.2) is 35.5 Å². The van der Waals surface area contributed by atoms with Gasteiger partial charge >= 0.3 is 12.1 Å². The maximum absolute atomic E-state index is 15.4. The molecule has 0 spiro atoms. The number of rotatable bonds is 3. The van der Waals surface area contributed by atoms with Crippen LogP contribution in [0, 0.1) is 28.6 Å². The highest BCUT2D eigenvalue weighted by atomic mass is 19.1. The molecule has 0 heterocycles. The molecule has 4 rings (SSSR count). The Morgan fingerprint density at radius 3 is 2.56 bits per heavy atom. The average molecular weight is 447 g/mol.